The molecule has 1 aliphatic carbocycles. The van der Waals surface area contributed by atoms with E-state index in [9.17, 15) is 18.8 Å². The summed E-state index contributed by atoms with van der Waals surface area (Å²) in [5.74, 6) is -3.74. The van der Waals surface area contributed by atoms with Crippen LogP contribution in [0.5, 0.6) is 0 Å². The van der Waals surface area contributed by atoms with Crippen LogP contribution in [0.2, 0.25) is 5.02 Å². The molecule has 3 atom stereocenters. The second-order valence-corrected chi connectivity index (χ2v) is 6.97. The van der Waals surface area contributed by atoms with E-state index in [1.54, 1.807) is 31.2 Å². The van der Waals surface area contributed by atoms with Crippen LogP contribution in [0.25, 0.3) is 0 Å². The zero-order chi connectivity index (χ0) is 19.3. The first-order valence-electron chi connectivity index (χ1n) is 8.49. The average molecular weight is 388 g/mol. The molecule has 7 heteroatoms. The number of amides is 2. The Morgan fingerprint density at radius 3 is 2.37 bits per heavy atom. The number of nitrogens with zero attached hydrogens (tertiary/aromatic N) is 1. The van der Waals surface area contributed by atoms with Gasteiger partial charge in [-0.25, -0.2) is 9.29 Å². The molecule has 5 nitrogen and oxygen atoms in total. The molecule has 2 aromatic carbocycles. The summed E-state index contributed by atoms with van der Waals surface area (Å²) in [4.78, 5) is 39.8. The van der Waals surface area contributed by atoms with E-state index in [4.69, 9.17) is 16.3 Å². The third kappa shape index (κ3) is 2.40. The molecular formula is C20H15ClFNO4. The Hall–Kier alpha value is -2.73. The fourth-order valence-electron chi connectivity index (χ4n) is 4.01. The lowest BCUT2D eigenvalue weighted by atomic mass is 9.91. The second-order valence-electron chi connectivity index (χ2n) is 6.54. The minimum absolute atomic E-state index is 0.156. The van der Waals surface area contributed by atoms with Crippen molar-refractivity contribution in [2.24, 2.45) is 11.8 Å². The van der Waals surface area contributed by atoms with E-state index in [-0.39, 0.29) is 12.3 Å². The molecule has 2 aliphatic rings. The van der Waals surface area contributed by atoms with Crippen LogP contribution in [0.4, 0.5) is 10.1 Å². The average Bonchev–Trinajstić information content (AvgIpc) is 3.29. The van der Waals surface area contributed by atoms with Gasteiger partial charge in [0.25, 0.3) is 0 Å². The van der Waals surface area contributed by atoms with E-state index in [0.29, 0.717) is 10.6 Å². The highest BCUT2D eigenvalue weighted by Crippen LogP contribution is 2.66. The van der Waals surface area contributed by atoms with Crippen molar-refractivity contribution in [1.82, 2.24) is 0 Å². The molecule has 1 heterocycles. The molecular weight excluding hydrogens is 373 g/mol. The van der Waals surface area contributed by atoms with Gasteiger partial charge >= 0.3 is 5.97 Å². The second kappa shape index (κ2) is 6.16. The molecule has 0 bridgehead atoms. The van der Waals surface area contributed by atoms with Gasteiger partial charge in [-0.05, 0) is 48.9 Å². The number of piperidine rings is 1. The van der Waals surface area contributed by atoms with E-state index in [2.05, 4.69) is 0 Å². The number of esters is 1. The minimum Gasteiger partial charge on any atom is -0.466 e. The van der Waals surface area contributed by atoms with Crippen LogP contribution in [0.15, 0.2) is 48.5 Å². The summed E-state index contributed by atoms with van der Waals surface area (Å²) in [6.45, 7) is 1.82. The summed E-state index contributed by atoms with van der Waals surface area (Å²) in [6.07, 6.45) is 0. The zero-order valence-electron chi connectivity index (χ0n) is 14.3. The van der Waals surface area contributed by atoms with Crippen molar-refractivity contribution < 1.29 is 23.5 Å². The lowest BCUT2D eigenvalue weighted by molar-refractivity contribution is -0.147. The van der Waals surface area contributed by atoms with Crippen LogP contribution < -0.4 is 4.90 Å². The Bertz CT molecular complexity index is 943. The lowest BCUT2D eigenvalue weighted by Crippen LogP contribution is -2.40. The summed E-state index contributed by atoms with van der Waals surface area (Å²) in [6, 6.07) is 11.6. The smallest absolute Gasteiger partial charge is 0.311 e. The zero-order valence-corrected chi connectivity index (χ0v) is 15.1. The number of carbonyl (C=O) groups excluding carboxylic acids is 3. The van der Waals surface area contributed by atoms with Crippen molar-refractivity contribution in [2.75, 3.05) is 11.5 Å². The van der Waals surface area contributed by atoms with E-state index in [0.717, 1.165) is 4.90 Å². The number of benzene rings is 2. The molecule has 3 unspecified atom stereocenters. The highest BCUT2D eigenvalue weighted by atomic mass is 35.5. The van der Waals surface area contributed by atoms with E-state index >= 15 is 0 Å². The largest absolute Gasteiger partial charge is 0.466 e. The van der Waals surface area contributed by atoms with Gasteiger partial charge in [0.15, 0.2) is 0 Å². The Balaban J connectivity index is 1.80. The van der Waals surface area contributed by atoms with Crippen molar-refractivity contribution in [3.8, 4) is 0 Å². The molecule has 0 spiro atoms. The molecule has 138 valence electrons. The number of ether oxygens (including phenoxy) is 1. The van der Waals surface area contributed by atoms with Gasteiger partial charge < -0.3 is 4.74 Å². The van der Waals surface area contributed by atoms with Crippen LogP contribution in [-0.2, 0) is 24.5 Å². The van der Waals surface area contributed by atoms with Gasteiger partial charge in [0.1, 0.15) is 11.2 Å². The molecule has 2 amide bonds. The molecule has 2 fully saturated rings. The van der Waals surface area contributed by atoms with Crippen molar-refractivity contribution in [1.29, 1.82) is 0 Å². The normalized spacial score (nSPS) is 26.1. The standard InChI is InChI=1S/C20H15ClFNO4/c1-2-27-18(25)16-15-17(24)23(14-9-7-13(22)8-10-14)19(26)20(15,16)11-3-5-12(21)6-4-11/h3-10,15-16H,2H2,1H3. The summed E-state index contributed by atoms with van der Waals surface area (Å²) < 4.78 is 18.3. The van der Waals surface area contributed by atoms with Gasteiger partial charge in [0.05, 0.1) is 24.1 Å². The van der Waals surface area contributed by atoms with Gasteiger partial charge in [-0.1, -0.05) is 23.7 Å². The fraction of sp³-hybridized carbons (Fsp3) is 0.250. The maximum Gasteiger partial charge on any atom is 0.311 e. The summed E-state index contributed by atoms with van der Waals surface area (Å²) in [7, 11) is 0. The molecule has 1 saturated heterocycles. The molecule has 0 N–H and O–H groups in total. The van der Waals surface area contributed by atoms with Crippen LogP contribution >= 0.6 is 11.6 Å². The Kier molecular flexibility index (Phi) is 4.03. The first-order chi connectivity index (χ1) is 12.9. The van der Waals surface area contributed by atoms with Crippen LogP contribution in [0.1, 0.15) is 12.5 Å². The quantitative estimate of drug-likeness (QED) is 0.597. The van der Waals surface area contributed by atoms with Crippen LogP contribution in [0, 0.1) is 17.7 Å². The molecule has 4 rings (SSSR count). The Morgan fingerprint density at radius 2 is 1.78 bits per heavy atom. The minimum atomic E-state index is -1.30. The van der Waals surface area contributed by atoms with E-state index in [1.807, 2.05) is 0 Å². The topological polar surface area (TPSA) is 63.7 Å². The molecule has 2 aromatic rings. The molecule has 0 radical (unpaired) electrons. The number of carbonyl (C=O) groups is 3. The number of fused-ring (bicyclic) bond motifs is 1. The summed E-state index contributed by atoms with van der Waals surface area (Å²) in [5.41, 5.74) is -0.491. The molecule has 27 heavy (non-hydrogen) atoms. The highest BCUT2D eigenvalue weighted by molar-refractivity contribution is 6.32. The van der Waals surface area contributed by atoms with Crippen molar-refractivity contribution >= 4 is 35.1 Å². The number of hydrogen-bond donors (Lipinski definition) is 0. The van der Waals surface area contributed by atoms with Gasteiger partial charge in [0, 0.05) is 5.02 Å². The molecule has 0 aromatic heterocycles. The number of anilines is 1. The fourth-order valence-corrected chi connectivity index (χ4v) is 4.14. The predicted molar refractivity (Wildman–Crippen MR) is 95.6 cm³/mol. The van der Waals surface area contributed by atoms with Crippen molar-refractivity contribution in [3.63, 3.8) is 0 Å². The first kappa shape index (κ1) is 17.7. The Labute approximate surface area is 159 Å². The van der Waals surface area contributed by atoms with Gasteiger partial charge in [-0.15, -0.1) is 0 Å². The first-order valence-corrected chi connectivity index (χ1v) is 8.87. The molecule has 1 saturated carbocycles. The maximum absolute atomic E-state index is 13.3. The third-order valence-corrected chi connectivity index (χ3v) is 5.45. The number of halogens is 2. The summed E-state index contributed by atoms with van der Waals surface area (Å²) in [5, 5.41) is 0.479. The summed E-state index contributed by atoms with van der Waals surface area (Å²) >= 11 is 5.94. The Morgan fingerprint density at radius 1 is 1.15 bits per heavy atom. The monoisotopic (exact) mass is 387 g/mol. The van der Waals surface area contributed by atoms with Crippen molar-refractivity contribution in [2.45, 2.75) is 12.3 Å². The lowest BCUT2D eigenvalue weighted by Gasteiger charge is -2.22. The predicted octanol–water partition coefficient (Wildman–Crippen LogP) is 3.10. The third-order valence-electron chi connectivity index (χ3n) is 5.20. The number of rotatable bonds is 4. The number of imide groups is 1. The van der Waals surface area contributed by atoms with Gasteiger partial charge in [-0.3, -0.25) is 14.4 Å². The van der Waals surface area contributed by atoms with Gasteiger partial charge in [0.2, 0.25) is 11.8 Å². The SMILES string of the molecule is CCOC(=O)C1C2C(=O)N(c3ccc(F)cc3)C(=O)C12c1ccc(Cl)cc1. The molecule has 1 aliphatic heterocycles. The van der Waals surface area contributed by atoms with E-state index < -0.39 is 40.9 Å². The van der Waals surface area contributed by atoms with Crippen molar-refractivity contribution in [3.05, 3.63) is 64.9 Å². The van der Waals surface area contributed by atoms with E-state index in [1.165, 1.54) is 24.3 Å². The number of hydrogen-bond acceptors (Lipinski definition) is 4. The van der Waals surface area contributed by atoms with Crippen LogP contribution in [-0.4, -0.2) is 24.4 Å². The van der Waals surface area contributed by atoms with Gasteiger partial charge in [-0.2, -0.15) is 0 Å². The maximum atomic E-state index is 13.3. The van der Waals surface area contributed by atoms with Crippen LogP contribution in [0.3, 0.4) is 0 Å². The highest BCUT2D eigenvalue weighted by Gasteiger charge is 2.83.